The summed E-state index contributed by atoms with van der Waals surface area (Å²) in [4.78, 5) is 8.09. The van der Waals surface area contributed by atoms with Gasteiger partial charge in [-0.3, -0.25) is 0 Å². The Morgan fingerprint density at radius 1 is 1.47 bits per heavy atom. The highest BCUT2D eigenvalue weighted by Gasteiger charge is 2.16. The molecule has 0 aromatic carbocycles. The third-order valence-corrected chi connectivity index (χ3v) is 3.61. The number of hydrogen-bond donors (Lipinski definition) is 2. The predicted octanol–water partition coefficient (Wildman–Crippen LogP) is 1.92. The van der Waals surface area contributed by atoms with Crippen LogP contribution >= 0.6 is 11.8 Å². The molecule has 1 heterocycles. The lowest BCUT2D eigenvalue weighted by atomic mass is 10.2. The summed E-state index contributed by atoms with van der Waals surface area (Å²) < 4.78 is 0.187. The minimum atomic E-state index is 0.187. The third kappa shape index (κ3) is 3.27. The molecule has 1 aromatic heterocycles. The maximum Gasteiger partial charge on any atom is 0.134 e. The fourth-order valence-electron chi connectivity index (χ4n) is 1.01. The first-order chi connectivity index (χ1) is 6.96. The van der Waals surface area contributed by atoms with Crippen LogP contribution in [0.25, 0.3) is 0 Å². The van der Waals surface area contributed by atoms with Gasteiger partial charge in [0.15, 0.2) is 0 Å². The van der Waals surface area contributed by atoms with Gasteiger partial charge in [-0.2, -0.15) is 11.8 Å². The Labute approximate surface area is 95.1 Å². The Balaban J connectivity index is 2.70. The van der Waals surface area contributed by atoms with Crippen LogP contribution in [0.4, 0.5) is 11.6 Å². The first kappa shape index (κ1) is 12.1. The number of nitrogen functional groups attached to an aromatic ring is 1. The molecule has 0 fully saturated rings. The van der Waals surface area contributed by atoms with Crippen molar-refractivity contribution in [2.24, 2.45) is 0 Å². The molecule has 0 aliphatic rings. The number of nitrogens with two attached hydrogens (primary N) is 1. The molecule has 15 heavy (non-hydrogen) atoms. The van der Waals surface area contributed by atoms with Gasteiger partial charge in [-0.1, -0.05) is 0 Å². The number of rotatable bonds is 4. The topological polar surface area (TPSA) is 63.8 Å². The Bertz CT molecular complexity index is 338. The van der Waals surface area contributed by atoms with Crippen molar-refractivity contribution in [1.29, 1.82) is 0 Å². The molecule has 0 spiro atoms. The van der Waals surface area contributed by atoms with E-state index in [0.717, 1.165) is 17.9 Å². The summed E-state index contributed by atoms with van der Waals surface area (Å²) in [6.45, 7) is 7.14. The number of hydrogen-bond acceptors (Lipinski definition) is 5. The molecule has 1 rings (SSSR count). The summed E-state index contributed by atoms with van der Waals surface area (Å²) in [5, 5.41) is 3.29. The lowest BCUT2D eigenvalue weighted by Crippen LogP contribution is -2.26. The molecule has 0 unspecified atom stereocenters. The molecule has 84 valence electrons. The van der Waals surface area contributed by atoms with Gasteiger partial charge >= 0.3 is 0 Å². The second-order valence-electron chi connectivity index (χ2n) is 4.05. The molecular formula is C10H18N4S. The van der Waals surface area contributed by atoms with Gasteiger partial charge in [-0.25, -0.2) is 9.97 Å². The smallest absolute Gasteiger partial charge is 0.134 e. The maximum absolute atomic E-state index is 5.70. The Morgan fingerprint density at radius 2 is 2.13 bits per heavy atom. The molecule has 3 N–H and O–H groups in total. The van der Waals surface area contributed by atoms with Crippen LogP contribution in [0.5, 0.6) is 0 Å². The van der Waals surface area contributed by atoms with E-state index in [2.05, 4.69) is 35.4 Å². The van der Waals surface area contributed by atoms with Crippen LogP contribution < -0.4 is 11.1 Å². The minimum absolute atomic E-state index is 0.187. The van der Waals surface area contributed by atoms with Crippen LogP contribution in [0.2, 0.25) is 0 Å². The predicted molar refractivity (Wildman–Crippen MR) is 67.3 cm³/mol. The molecule has 0 aliphatic heterocycles. The quantitative estimate of drug-likeness (QED) is 0.821. The normalized spacial score (nSPS) is 11.5. The van der Waals surface area contributed by atoms with Gasteiger partial charge in [0, 0.05) is 16.9 Å². The van der Waals surface area contributed by atoms with E-state index in [1.807, 2.05) is 18.7 Å². The third-order valence-electron chi connectivity index (χ3n) is 2.36. The van der Waals surface area contributed by atoms with Crippen molar-refractivity contribution < 1.29 is 0 Å². The van der Waals surface area contributed by atoms with Crippen LogP contribution in [0, 0.1) is 6.92 Å². The molecule has 0 aliphatic carbocycles. The highest BCUT2D eigenvalue weighted by atomic mass is 32.2. The molecule has 0 bridgehead atoms. The number of anilines is 2. The van der Waals surface area contributed by atoms with Crippen LogP contribution in [-0.4, -0.2) is 27.5 Å². The van der Waals surface area contributed by atoms with Gasteiger partial charge in [0.25, 0.3) is 0 Å². The van der Waals surface area contributed by atoms with Gasteiger partial charge in [0.1, 0.15) is 18.0 Å². The summed E-state index contributed by atoms with van der Waals surface area (Å²) in [5.41, 5.74) is 6.61. The van der Waals surface area contributed by atoms with Crippen molar-refractivity contribution in [3.63, 3.8) is 0 Å². The summed E-state index contributed by atoms with van der Waals surface area (Å²) in [6.07, 6.45) is 3.58. The Morgan fingerprint density at radius 3 is 2.73 bits per heavy atom. The number of nitrogens with zero attached hydrogens (tertiary/aromatic N) is 2. The van der Waals surface area contributed by atoms with Crippen LogP contribution in [0.15, 0.2) is 6.33 Å². The van der Waals surface area contributed by atoms with E-state index in [1.54, 1.807) is 0 Å². The first-order valence-electron chi connectivity index (χ1n) is 4.82. The van der Waals surface area contributed by atoms with Crippen molar-refractivity contribution >= 4 is 23.4 Å². The molecular weight excluding hydrogens is 208 g/mol. The van der Waals surface area contributed by atoms with E-state index in [4.69, 9.17) is 5.73 Å². The summed E-state index contributed by atoms with van der Waals surface area (Å²) >= 11 is 1.82. The number of nitrogens with one attached hydrogen (secondary N) is 1. The SMILES string of the molecule is CSC(C)(C)CNc1ncnc(N)c1C. The van der Waals surface area contributed by atoms with Gasteiger partial charge in [0.05, 0.1) is 0 Å². The molecule has 0 amide bonds. The molecule has 0 saturated carbocycles. The number of thioether (sulfide) groups is 1. The summed E-state index contributed by atoms with van der Waals surface area (Å²) in [7, 11) is 0. The van der Waals surface area contributed by atoms with Crippen molar-refractivity contribution in [3.05, 3.63) is 11.9 Å². The van der Waals surface area contributed by atoms with Crippen molar-refractivity contribution in [2.45, 2.75) is 25.5 Å². The monoisotopic (exact) mass is 226 g/mol. The Hall–Kier alpha value is -0.970. The first-order valence-corrected chi connectivity index (χ1v) is 6.05. The van der Waals surface area contributed by atoms with E-state index >= 15 is 0 Å². The largest absolute Gasteiger partial charge is 0.383 e. The van der Waals surface area contributed by atoms with Crippen LogP contribution in [-0.2, 0) is 0 Å². The molecule has 5 heteroatoms. The van der Waals surface area contributed by atoms with Crippen molar-refractivity contribution in [1.82, 2.24) is 9.97 Å². The van der Waals surface area contributed by atoms with E-state index in [9.17, 15) is 0 Å². The van der Waals surface area contributed by atoms with Gasteiger partial charge < -0.3 is 11.1 Å². The van der Waals surface area contributed by atoms with E-state index in [-0.39, 0.29) is 4.75 Å². The molecule has 0 atom stereocenters. The zero-order valence-corrected chi connectivity index (χ0v) is 10.5. The highest BCUT2D eigenvalue weighted by Crippen LogP contribution is 2.22. The molecule has 0 radical (unpaired) electrons. The second kappa shape index (κ2) is 4.70. The second-order valence-corrected chi connectivity index (χ2v) is 5.56. The summed E-state index contributed by atoms with van der Waals surface area (Å²) in [5.74, 6) is 1.36. The molecule has 0 saturated heterocycles. The van der Waals surface area contributed by atoms with Gasteiger partial charge in [-0.15, -0.1) is 0 Å². The zero-order chi connectivity index (χ0) is 11.5. The summed E-state index contributed by atoms with van der Waals surface area (Å²) in [6, 6.07) is 0. The van der Waals surface area contributed by atoms with Crippen molar-refractivity contribution in [2.75, 3.05) is 23.9 Å². The number of aromatic nitrogens is 2. The zero-order valence-electron chi connectivity index (χ0n) is 9.66. The van der Waals surface area contributed by atoms with Gasteiger partial charge in [-0.05, 0) is 27.0 Å². The minimum Gasteiger partial charge on any atom is -0.383 e. The maximum atomic E-state index is 5.70. The standard InChI is InChI=1S/C10H18N4S/c1-7-8(11)13-6-14-9(7)12-5-10(2,3)15-4/h6H,5H2,1-4H3,(H3,11,12,13,14). The van der Waals surface area contributed by atoms with Crippen LogP contribution in [0.1, 0.15) is 19.4 Å². The average molecular weight is 226 g/mol. The highest BCUT2D eigenvalue weighted by molar-refractivity contribution is 7.99. The van der Waals surface area contributed by atoms with E-state index in [1.165, 1.54) is 6.33 Å². The molecule has 1 aromatic rings. The van der Waals surface area contributed by atoms with E-state index in [0.29, 0.717) is 5.82 Å². The molecule has 4 nitrogen and oxygen atoms in total. The van der Waals surface area contributed by atoms with Crippen molar-refractivity contribution in [3.8, 4) is 0 Å². The van der Waals surface area contributed by atoms with Gasteiger partial charge in [0.2, 0.25) is 0 Å². The lowest BCUT2D eigenvalue weighted by Gasteiger charge is -2.23. The van der Waals surface area contributed by atoms with Crippen LogP contribution in [0.3, 0.4) is 0 Å². The Kier molecular flexibility index (Phi) is 3.79. The fraction of sp³-hybridized carbons (Fsp3) is 0.600. The van der Waals surface area contributed by atoms with E-state index < -0.39 is 0 Å². The average Bonchev–Trinajstić information content (AvgIpc) is 2.20. The fourth-order valence-corrected chi connectivity index (χ4v) is 1.23. The lowest BCUT2D eigenvalue weighted by molar-refractivity contribution is 0.749.